The van der Waals surface area contributed by atoms with Gasteiger partial charge in [-0.2, -0.15) is 0 Å². The summed E-state index contributed by atoms with van der Waals surface area (Å²) >= 11 is 0. The summed E-state index contributed by atoms with van der Waals surface area (Å²) in [4.78, 5) is 26.4. The monoisotopic (exact) mass is 712 g/mol. The molecule has 286 valence electrons. The highest BCUT2D eigenvalue weighted by Gasteiger charge is 2.66. The molecule has 5 aliphatic rings. The fourth-order valence-electron chi connectivity index (χ4n) is 12.6. The molecule has 5 aliphatic carbocycles. The van der Waals surface area contributed by atoms with Gasteiger partial charge >= 0.3 is 11.9 Å². The second kappa shape index (κ2) is 14.9. The van der Waals surface area contributed by atoms with Crippen molar-refractivity contribution in [1.82, 2.24) is 0 Å². The third kappa shape index (κ3) is 6.68. The summed E-state index contributed by atoms with van der Waals surface area (Å²) in [5.74, 6) is 2.53. The maximum Gasteiger partial charge on any atom is 0.338 e. The average molecular weight is 712 g/mol. The maximum atomic E-state index is 13.5. The molecule has 2 N–H and O–H groups in total. The smallest absolute Gasteiger partial charge is 0.338 e. The van der Waals surface area contributed by atoms with E-state index in [1.165, 1.54) is 74.5 Å². The number of hydrogen-bond acceptors (Lipinski definition) is 5. The molecule has 4 saturated carbocycles. The molecular formula is C47H69NO4. The van der Waals surface area contributed by atoms with Crippen molar-refractivity contribution >= 4 is 11.9 Å². The van der Waals surface area contributed by atoms with Crippen LogP contribution in [-0.4, -0.2) is 30.7 Å². The second-order valence-corrected chi connectivity index (χ2v) is 18.9. The normalized spacial score (nSPS) is 37.6. The zero-order valence-corrected chi connectivity index (χ0v) is 33.7. The van der Waals surface area contributed by atoms with Crippen molar-refractivity contribution in [3.63, 3.8) is 0 Å². The highest BCUT2D eigenvalue weighted by Crippen LogP contribution is 2.72. The van der Waals surface area contributed by atoms with Crippen molar-refractivity contribution in [2.45, 2.75) is 144 Å². The van der Waals surface area contributed by atoms with E-state index in [1.54, 1.807) is 12.1 Å². The zero-order valence-electron chi connectivity index (χ0n) is 33.7. The predicted octanol–water partition coefficient (Wildman–Crippen LogP) is 11.2. The molecule has 52 heavy (non-hydrogen) atoms. The Morgan fingerprint density at radius 2 is 1.71 bits per heavy atom. The van der Waals surface area contributed by atoms with Crippen molar-refractivity contribution in [3.8, 4) is 0 Å². The lowest BCUT2D eigenvalue weighted by atomic mass is 9.38. The van der Waals surface area contributed by atoms with Crippen LogP contribution in [0.25, 0.3) is 0 Å². The molecule has 0 amide bonds. The van der Waals surface area contributed by atoms with Gasteiger partial charge in [0.05, 0.1) is 12.2 Å². The van der Waals surface area contributed by atoms with Crippen LogP contribution in [0.5, 0.6) is 0 Å². The number of carbonyl (C=O) groups excluding carboxylic acids is 2. The van der Waals surface area contributed by atoms with Crippen LogP contribution in [0.15, 0.2) is 65.8 Å². The van der Waals surface area contributed by atoms with E-state index in [0.29, 0.717) is 59.5 Å². The summed E-state index contributed by atoms with van der Waals surface area (Å²) in [7, 11) is 0. The molecule has 0 aliphatic heterocycles. The average Bonchev–Trinajstić information content (AvgIpc) is 3.49. The summed E-state index contributed by atoms with van der Waals surface area (Å²) in [6.07, 6.45) is 20.2. The van der Waals surface area contributed by atoms with Crippen LogP contribution in [0.2, 0.25) is 0 Å². The Bertz CT molecular complexity index is 1560. The minimum Gasteiger partial charge on any atom is -0.465 e. The first-order chi connectivity index (χ1) is 24.7. The van der Waals surface area contributed by atoms with Gasteiger partial charge in [-0.05, 0) is 166 Å². The van der Waals surface area contributed by atoms with E-state index in [9.17, 15) is 9.59 Å². The summed E-state index contributed by atoms with van der Waals surface area (Å²) in [6.45, 7) is 21.5. The summed E-state index contributed by atoms with van der Waals surface area (Å²) < 4.78 is 11.4. The number of nitrogens with two attached hydrogens (primary N) is 1. The maximum absolute atomic E-state index is 13.5. The molecule has 6 rings (SSSR count). The number of benzene rings is 1. The lowest BCUT2D eigenvalue weighted by Crippen LogP contribution is -2.64. The number of rotatable bonds is 11. The first-order valence-electron chi connectivity index (χ1n) is 20.9. The van der Waals surface area contributed by atoms with Gasteiger partial charge in [0.25, 0.3) is 0 Å². The van der Waals surface area contributed by atoms with E-state index in [-0.39, 0.29) is 23.5 Å². The summed E-state index contributed by atoms with van der Waals surface area (Å²) in [5, 5.41) is 0. The quantitative estimate of drug-likeness (QED) is 0.183. The molecule has 1 aromatic rings. The van der Waals surface area contributed by atoms with Crippen molar-refractivity contribution in [1.29, 1.82) is 0 Å². The number of carbonyl (C=O) groups is 2. The molecule has 5 nitrogen and oxygen atoms in total. The van der Waals surface area contributed by atoms with E-state index in [0.717, 1.165) is 25.2 Å². The van der Waals surface area contributed by atoms with Crippen molar-refractivity contribution in [3.05, 3.63) is 71.3 Å². The van der Waals surface area contributed by atoms with Crippen LogP contribution in [0, 0.1) is 51.2 Å². The molecule has 5 heteroatoms. The SMILES string of the molecule is C=C(C)[C@@H]1CC[C@]2(N)CC[C@]3(C)[C@H](CC[C@@H]4C[C@H](C(C)(C)/C(=C\CCC)C5=CC[C@](COC(=O)c6ccccc6)(C(=O)OCC)CC5)CC[C@]43C)[C@@H]12. The Labute approximate surface area is 315 Å². The van der Waals surface area contributed by atoms with Gasteiger partial charge in [0.1, 0.15) is 12.0 Å². The first kappa shape index (κ1) is 39.0. The lowest BCUT2D eigenvalue weighted by Gasteiger charge is -2.67. The Morgan fingerprint density at radius 1 is 0.962 bits per heavy atom. The van der Waals surface area contributed by atoms with E-state index in [1.807, 2.05) is 25.1 Å². The fraction of sp³-hybridized carbons (Fsp3) is 0.702. The fourth-order valence-corrected chi connectivity index (χ4v) is 12.6. The third-order valence-corrected chi connectivity index (χ3v) is 16.1. The number of hydrogen-bond donors (Lipinski definition) is 1. The van der Waals surface area contributed by atoms with E-state index >= 15 is 0 Å². The van der Waals surface area contributed by atoms with Gasteiger partial charge in [0.2, 0.25) is 0 Å². The zero-order chi connectivity index (χ0) is 37.5. The largest absolute Gasteiger partial charge is 0.465 e. The van der Waals surface area contributed by atoms with E-state index in [2.05, 4.69) is 60.3 Å². The molecule has 0 saturated heterocycles. The Balaban J connectivity index is 1.21. The number of ether oxygens (including phenoxy) is 2. The molecule has 1 aromatic carbocycles. The molecule has 0 heterocycles. The van der Waals surface area contributed by atoms with Gasteiger partial charge in [-0.3, -0.25) is 4.79 Å². The van der Waals surface area contributed by atoms with E-state index < -0.39 is 11.4 Å². The van der Waals surface area contributed by atoms with Crippen molar-refractivity contribution in [2.75, 3.05) is 13.2 Å². The standard InChI is InChI=1S/C47H69NO4/c1-9-11-17-38(33-20-25-46(26-21-33,42(50)51-10-2)31-52-41(49)34-15-13-12-14-16-34)43(5,6)35-22-24-44(7)36(30-35)18-19-39-40-37(32(3)4)23-27-47(40,48)29-28-45(39,44)8/h12-17,20,35-37,39-40H,3,9-11,18-19,21-31,48H2,1-2,4-8H3/b38-17-/t35-,36-,37+,39-,40-,44-,45-,46+,47+/m1/s1. The number of allylic oxidation sites excluding steroid dienone is 5. The third-order valence-electron chi connectivity index (χ3n) is 16.1. The molecule has 0 aromatic heterocycles. The Hall–Kier alpha value is -2.66. The minimum atomic E-state index is -0.867. The van der Waals surface area contributed by atoms with E-state index in [4.69, 9.17) is 15.2 Å². The van der Waals surface area contributed by atoms with Gasteiger partial charge in [0.15, 0.2) is 0 Å². The number of unbranched alkanes of at least 4 members (excludes halogenated alkanes) is 1. The van der Waals surface area contributed by atoms with Crippen molar-refractivity contribution in [2.24, 2.45) is 57.0 Å². The van der Waals surface area contributed by atoms with Crippen LogP contribution in [-0.2, 0) is 14.3 Å². The van der Waals surface area contributed by atoms with Gasteiger partial charge in [-0.25, -0.2) is 4.79 Å². The van der Waals surface area contributed by atoms with Gasteiger partial charge < -0.3 is 15.2 Å². The molecule has 0 spiro atoms. The van der Waals surface area contributed by atoms with Crippen LogP contribution in [0.3, 0.4) is 0 Å². The molecule has 9 atom stereocenters. The summed E-state index contributed by atoms with van der Waals surface area (Å²) in [6, 6.07) is 9.03. The van der Waals surface area contributed by atoms with Crippen molar-refractivity contribution < 1.29 is 19.1 Å². The number of fused-ring (bicyclic) bond motifs is 5. The molecule has 0 radical (unpaired) electrons. The van der Waals surface area contributed by atoms with Gasteiger partial charge in [0, 0.05) is 5.54 Å². The minimum absolute atomic E-state index is 0.00269. The highest BCUT2D eigenvalue weighted by atomic mass is 16.6. The summed E-state index contributed by atoms with van der Waals surface area (Å²) in [5.41, 5.74) is 11.8. The van der Waals surface area contributed by atoms with Crippen LogP contribution in [0.1, 0.15) is 149 Å². The molecule has 0 unspecified atom stereocenters. The van der Waals surface area contributed by atoms with Crippen LogP contribution < -0.4 is 5.73 Å². The predicted molar refractivity (Wildman–Crippen MR) is 211 cm³/mol. The Kier molecular flexibility index (Phi) is 11.2. The topological polar surface area (TPSA) is 78.6 Å². The number of esters is 2. The van der Waals surface area contributed by atoms with Gasteiger partial charge in [-0.15, -0.1) is 0 Å². The lowest BCUT2D eigenvalue weighted by molar-refractivity contribution is -0.172. The first-order valence-corrected chi connectivity index (χ1v) is 20.9. The highest BCUT2D eigenvalue weighted by molar-refractivity contribution is 5.89. The molecular weight excluding hydrogens is 643 g/mol. The Morgan fingerprint density at radius 3 is 2.37 bits per heavy atom. The molecule has 4 fully saturated rings. The van der Waals surface area contributed by atoms with Crippen LogP contribution in [0.4, 0.5) is 0 Å². The second-order valence-electron chi connectivity index (χ2n) is 18.9. The van der Waals surface area contributed by atoms with Crippen LogP contribution >= 0.6 is 0 Å². The van der Waals surface area contributed by atoms with Gasteiger partial charge in [-0.1, -0.05) is 83.5 Å². The molecule has 0 bridgehead atoms.